The molecule has 0 aliphatic carbocycles. The van der Waals surface area contributed by atoms with Gasteiger partial charge in [-0.3, -0.25) is 5.41 Å². The van der Waals surface area contributed by atoms with Gasteiger partial charge in [0.2, 0.25) is 0 Å². The van der Waals surface area contributed by atoms with E-state index in [-0.39, 0.29) is 5.17 Å². The molecule has 0 fully saturated rings. The van der Waals surface area contributed by atoms with Crippen LogP contribution < -0.4 is 0 Å². The van der Waals surface area contributed by atoms with Crippen molar-refractivity contribution in [2.45, 2.75) is 40.0 Å². The Morgan fingerprint density at radius 2 is 1.81 bits per heavy atom. The summed E-state index contributed by atoms with van der Waals surface area (Å²) in [6.45, 7) is 5.89. The molecule has 0 amide bonds. The molecule has 1 N–H and O–H groups in total. The van der Waals surface area contributed by atoms with Crippen molar-refractivity contribution < 1.29 is 0 Å². The highest BCUT2D eigenvalue weighted by Crippen LogP contribution is 2.24. The standard InChI is InChI=1S/C12H18Cl3N/c1-8(6-4-5-7-9(2)13)10(3)11(14)12(15)16/h7-8,16H,4-6H2,1-3H3/b9-7-,11-10+,16-12?. The van der Waals surface area contributed by atoms with Gasteiger partial charge in [0.25, 0.3) is 0 Å². The van der Waals surface area contributed by atoms with Crippen LogP contribution in [0.2, 0.25) is 0 Å². The van der Waals surface area contributed by atoms with E-state index in [1.807, 2.05) is 19.9 Å². The van der Waals surface area contributed by atoms with Crippen LogP contribution >= 0.6 is 34.8 Å². The van der Waals surface area contributed by atoms with E-state index >= 15 is 0 Å². The number of hydrogen-bond donors (Lipinski definition) is 1. The van der Waals surface area contributed by atoms with E-state index < -0.39 is 0 Å². The smallest absolute Gasteiger partial charge is 0.139 e. The first-order valence-electron chi connectivity index (χ1n) is 5.29. The van der Waals surface area contributed by atoms with Crippen LogP contribution in [0.3, 0.4) is 0 Å². The summed E-state index contributed by atoms with van der Waals surface area (Å²) in [4.78, 5) is 0. The van der Waals surface area contributed by atoms with Crippen LogP contribution in [0.15, 0.2) is 21.7 Å². The molecule has 92 valence electrons. The molecule has 0 rings (SSSR count). The van der Waals surface area contributed by atoms with Crippen LogP contribution in [0.25, 0.3) is 0 Å². The maximum atomic E-state index is 7.24. The monoisotopic (exact) mass is 281 g/mol. The van der Waals surface area contributed by atoms with Gasteiger partial charge in [-0.25, -0.2) is 0 Å². The molecule has 0 heterocycles. The van der Waals surface area contributed by atoms with Gasteiger partial charge in [-0.1, -0.05) is 47.8 Å². The zero-order chi connectivity index (χ0) is 12.7. The molecule has 0 aromatic rings. The second-order valence-electron chi connectivity index (χ2n) is 3.93. The Bertz CT molecular complexity index is 301. The van der Waals surface area contributed by atoms with Crippen LogP contribution in [0.5, 0.6) is 0 Å². The van der Waals surface area contributed by atoms with Gasteiger partial charge in [-0.2, -0.15) is 0 Å². The molecule has 0 aliphatic heterocycles. The summed E-state index contributed by atoms with van der Waals surface area (Å²) in [5.74, 6) is 0.343. The normalized spacial score (nSPS) is 15.8. The van der Waals surface area contributed by atoms with E-state index in [2.05, 4.69) is 6.92 Å². The third-order valence-corrected chi connectivity index (χ3v) is 3.47. The van der Waals surface area contributed by atoms with Crippen molar-refractivity contribution in [3.63, 3.8) is 0 Å². The predicted molar refractivity (Wildman–Crippen MR) is 74.8 cm³/mol. The maximum Gasteiger partial charge on any atom is 0.139 e. The molecule has 0 radical (unpaired) electrons. The number of halogens is 3. The largest absolute Gasteiger partial charge is 0.288 e. The first-order valence-corrected chi connectivity index (χ1v) is 6.42. The van der Waals surface area contributed by atoms with Crippen LogP contribution in [-0.4, -0.2) is 5.17 Å². The highest BCUT2D eigenvalue weighted by Gasteiger charge is 2.10. The lowest BCUT2D eigenvalue weighted by Gasteiger charge is -2.13. The van der Waals surface area contributed by atoms with E-state index in [9.17, 15) is 0 Å². The van der Waals surface area contributed by atoms with Crippen LogP contribution in [-0.2, 0) is 0 Å². The third kappa shape index (κ3) is 6.57. The second-order valence-corrected chi connectivity index (χ2v) is 5.29. The van der Waals surface area contributed by atoms with Gasteiger partial charge in [0.1, 0.15) is 5.17 Å². The Hall–Kier alpha value is 0.0200. The first-order chi connectivity index (χ1) is 7.36. The molecule has 0 bridgehead atoms. The molecular weight excluding hydrogens is 264 g/mol. The number of hydrogen-bond acceptors (Lipinski definition) is 1. The molecule has 16 heavy (non-hydrogen) atoms. The molecule has 0 aromatic heterocycles. The molecule has 0 saturated carbocycles. The van der Waals surface area contributed by atoms with Crippen LogP contribution in [0, 0.1) is 11.3 Å². The molecule has 0 aromatic carbocycles. The van der Waals surface area contributed by atoms with Gasteiger partial charge in [0, 0.05) is 5.03 Å². The molecule has 1 unspecified atom stereocenters. The molecule has 1 atom stereocenters. The van der Waals surface area contributed by atoms with Gasteiger partial charge in [0.05, 0.1) is 5.03 Å². The molecule has 4 heteroatoms. The summed E-state index contributed by atoms with van der Waals surface area (Å²) < 4.78 is 0. The van der Waals surface area contributed by atoms with Crippen molar-refractivity contribution in [2.24, 2.45) is 5.92 Å². The molecule has 0 aliphatic rings. The van der Waals surface area contributed by atoms with Crippen molar-refractivity contribution in [2.75, 3.05) is 0 Å². The van der Waals surface area contributed by atoms with Gasteiger partial charge >= 0.3 is 0 Å². The highest BCUT2D eigenvalue weighted by molar-refractivity contribution is 6.75. The minimum absolute atomic E-state index is 0.0810. The Labute approximate surface area is 113 Å². The first kappa shape index (κ1) is 16.0. The zero-order valence-electron chi connectivity index (χ0n) is 9.91. The lowest BCUT2D eigenvalue weighted by Crippen LogP contribution is -2.01. The Morgan fingerprint density at radius 1 is 1.25 bits per heavy atom. The minimum atomic E-state index is -0.0810. The van der Waals surface area contributed by atoms with Gasteiger partial charge in [0.15, 0.2) is 0 Å². The Morgan fingerprint density at radius 3 is 2.25 bits per heavy atom. The highest BCUT2D eigenvalue weighted by atomic mass is 35.5. The average Bonchev–Trinajstić information content (AvgIpc) is 2.21. The summed E-state index contributed by atoms with van der Waals surface area (Å²) in [7, 11) is 0. The molecule has 1 nitrogen and oxygen atoms in total. The van der Waals surface area contributed by atoms with Gasteiger partial charge < -0.3 is 0 Å². The fourth-order valence-electron chi connectivity index (χ4n) is 1.33. The lowest BCUT2D eigenvalue weighted by molar-refractivity contribution is 0.583. The zero-order valence-corrected chi connectivity index (χ0v) is 12.2. The number of unbranched alkanes of at least 4 members (excludes halogenated alkanes) is 1. The SMILES string of the molecule is C/C(Cl)=C/CCCC(C)/C(C)=C(/Cl)C(=N)Cl. The molecule has 0 saturated heterocycles. The third-order valence-electron chi connectivity index (χ3n) is 2.54. The number of nitrogens with one attached hydrogen (secondary N) is 1. The summed E-state index contributed by atoms with van der Waals surface area (Å²) in [5.41, 5.74) is 0.980. The van der Waals surface area contributed by atoms with Crippen molar-refractivity contribution in [1.82, 2.24) is 0 Å². The Kier molecular flexibility index (Phi) is 8.17. The number of allylic oxidation sites excluding steroid dienone is 4. The molecule has 0 spiro atoms. The summed E-state index contributed by atoms with van der Waals surface area (Å²) in [5, 5.41) is 8.37. The summed E-state index contributed by atoms with van der Waals surface area (Å²) in [6.07, 6.45) is 5.07. The second kappa shape index (κ2) is 8.16. The maximum absolute atomic E-state index is 7.24. The summed E-state index contributed by atoms with van der Waals surface area (Å²) >= 11 is 17.2. The van der Waals surface area contributed by atoms with E-state index in [1.165, 1.54) is 0 Å². The fraction of sp³-hybridized carbons (Fsp3) is 0.583. The number of rotatable bonds is 6. The average molecular weight is 283 g/mol. The van der Waals surface area contributed by atoms with E-state index in [0.717, 1.165) is 29.9 Å². The Balaban J connectivity index is 4.17. The quantitative estimate of drug-likeness (QED) is 0.480. The minimum Gasteiger partial charge on any atom is -0.288 e. The predicted octanol–water partition coefficient (Wildman–Crippen LogP) is 5.66. The van der Waals surface area contributed by atoms with Crippen molar-refractivity contribution in [1.29, 1.82) is 5.41 Å². The van der Waals surface area contributed by atoms with Gasteiger partial charge in [-0.05, 0) is 44.6 Å². The summed E-state index contributed by atoms with van der Waals surface area (Å²) in [6, 6.07) is 0. The van der Waals surface area contributed by atoms with Crippen molar-refractivity contribution >= 4 is 40.0 Å². The van der Waals surface area contributed by atoms with E-state index in [4.69, 9.17) is 40.2 Å². The fourth-order valence-corrected chi connectivity index (χ4v) is 1.78. The van der Waals surface area contributed by atoms with Crippen LogP contribution in [0.4, 0.5) is 0 Å². The van der Waals surface area contributed by atoms with E-state index in [0.29, 0.717) is 11.0 Å². The lowest BCUT2D eigenvalue weighted by atomic mass is 9.96. The van der Waals surface area contributed by atoms with Gasteiger partial charge in [-0.15, -0.1) is 0 Å². The van der Waals surface area contributed by atoms with Crippen molar-refractivity contribution in [3.05, 3.63) is 21.7 Å². The van der Waals surface area contributed by atoms with E-state index in [1.54, 1.807) is 0 Å². The topological polar surface area (TPSA) is 23.9 Å². The van der Waals surface area contributed by atoms with Crippen molar-refractivity contribution in [3.8, 4) is 0 Å². The molecular formula is C12H18Cl3N. The van der Waals surface area contributed by atoms with Crippen LogP contribution in [0.1, 0.15) is 40.0 Å².